The molecule has 0 heterocycles. The Morgan fingerprint density at radius 1 is 0.254 bits per heavy atom. The summed E-state index contributed by atoms with van der Waals surface area (Å²) in [6, 6.07) is 88.6. The summed E-state index contributed by atoms with van der Waals surface area (Å²) in [4.78, 5) is 25.6. The van der Waals surface area contributed by atoms with E-state index >= 15 is 0 Å². The predicted molar refractivity (Wildman–Crippen MR) is 264 cm³/mol. The molecule has 0 aliphatic rings. The smallest absolute Gasteiger partial charge is 0.822 e. The van der Waals surface area contributed by atoms with Crippen molar-refractivity contribution in [1.82, 2.24) is 0 Å². The first-order chi connectivity index (χ1) is 30.6. The van der Waals surface area contributed by atoms with Crippen LogP contribution in [-0.4, -0.2) is 0 Å². The average Bonchev–Trinajstić information content (AvgIpc) is 3.29. The van der Waals surface area contributed by atoms with Crippen LogP contribution < -0.4 is 14.7 Å². The summed E-state index contributed by atoms with van der Waals surface area (Å²) in [6.45, 7) is 0. The Morgan fingerprint density at radius 3 is 0.444 bits per heavy atom. The third-order valence-corrected chi connectivity index (χ3v) is 19.2. The maximum atomic E-state index is 8.55. The molecule has 8 rings (SSSR count). The van der Waals surface area contributed by atoms with Crippen molar-refractivity contribution in [3.8, 4) is 0 Å². The summed E-state index contributed by atoms with van der Waals surface area (Å²) in [5, 5.41) is 0. The first kappa shape index (κ1) is 47.2. The van der Waals surface area contributed by atoms with Gasteiger partial charge in [-0.15, -0.1) is 0 Å². The predicted octanol–water partition coefficient (Wildman–Crippen LogP) is 12.9. The zero-order valence-electron chi connectivity index (χ0n) is 36.7. The Bertz CT molecular complexity index is 1980. The van der Waals surface area contributed by atoms with Crippen LogP contribution in [0.1, 0.15) is 45.9 Å². The third kappa shape index (κ3) is 17.4. The molecule has 0 radical (unpaired) electrons. The Morgan fingerprint density at radius 2 is 0.349 bits per heavy atom. The van der Waals surface area contributed by atoms with Gasteiger partial charge in [-0.3, -0.25) is 0 Å². The molecule has 0 aromatic heterocycles. The van der Waals surface area contributed by atoms with Gasteiger partial charge < -0.3 is 19.2 Å². The number of hydrogen-bond donors (Lipinski definition) is 0. The van der Waals surface area contributed by atoms with Crippen molar-refractivity contribution >= 4 is 22.3 Å². The van der Waals surface area contributed by atoms with Crippen LogP contribution in [0.4, 0.5) is 0 Å². The molecule has 8 aromatic rings. The highest BCUT2D eigenvalue weighted by Gasteiger charge is 2.40. The molecule has 0 fully saturated rings. The Hall–Kier alpha value is -5.27. The van der Waals surface area contributed by atoms with E-state index in [0.717, 1.165) is 0 Å². The lowest BCUT2D eigenvalue weighted by Gasteiger charge is -2.36. The minimum absolute atomic E-state index is 0. The number of rotatable bonds is 16. The van der Waals surface area contributed by atoms with Gasteiger partial charge in [0.05, 0.1) is 49.3 Å². The van der Waals surface area contributed by atoms with E-state index in [1.165, 1.54) is 93.8 Å². The molecular formula is C56H57O4P3. The van der Waals surface area contributed by atoms with E-state index in [1.807, 2.05) is 0 Å². The molecule has 0 bridgehead atoms. The van der Waals surface area contributed by atoms with Gasteiger partial charge in [-0.1, -0.05) is 243 Å². The topological polar surface area (TPSA) is 86.2 Å². The molecule has 7 heteroatoms. The first-order valence-electron chi connectivity index (χ1n) is 21.4. The second-order valence-corrected chi connectivity index (χ2v) is 25.1. The molecule has 0 saturated carbocycles. The fourth-order valence-electron chi connectivity index (χ4n) is 8.44. The van der Waals surface area contributed by atoms with E-state index in [4.69, 9.17) is 19.2 Å². The summed E-state index contributed by atoms with van der Waals surface area (Å²) in [5.74, 6) is 0. The second kappa shape index (κ2) is 24.5. The van der Waals surface area contributed by atoms with Crippen molar-refractivity contribution in [2.45, 2.75) is 49.3 Å². The molecule has 0 amide bonds. The van der Waals surface area contributed by atoms with Gasteiger partial charge in [-0.05, 0) is 44.5 Å². The minimum Gasteiger partial charge on any atom is -0.822 e. The van der Waals surface area contributed by atoms with E-state index in [-0.39, 0.29) is 1.43 Å². The molecule has 0 aliphatic heterocycles. The molecule has 0 unspecified atom stereocenters. The maximum Gasteiger partial charge on any atom is 1.00 e. The highest BCUT2D eigenvalue weighted by atomic mass is 31.2. The lowest BCUT2D eigenvalue weighted by atomic mass is 10.2. The van der Waals surface area contributed by atoms with Crippen molar-refractivity contribution < 1.29 is 20.7 Å². The quantitative estimate of drug-likeness (QED) is 0.0905. The largest absolute Gasteiger partial charge is 1.00 e. The standard InChI is InChI=1S/2C28H28P.H3O4P/c2*1-5-13-25(14-6-1)21-29(22-26-15-7-2-8-16-26,23-27-17-9-3-10-18-27)24-28-19-11-4-12-20-28;1-5(2,3)4/h2*1-20H,21-24H2;(H3,1,2,3,4)/q2*+1;/p-2. The van der Waals surface area contributed by atoms with Gasteiger partial charge in [0.25, 0.3) is 0 Å². The van der Waals surface area contributed by atoms with E-state index < -0.39 is 22.3 Å². The van der Waals surface area contributed by atoms with Gasteiger partial charge in [0.2, 0.25) is 0 Å². The Kier molecular flexibility index (Phi) is 18.4. The van der Waals surface area contributed by atoms with Crippen molar-refractivity contribution in [2.75, 3.05) is 0 Å². The molecule has 4 nitrogen and oxygen atoms in total. The second-order valence-electron chi connectivity index (χ2n) is 16.3. The Labute approximate surface area is 377 Å². The van der Waals surface area contributed by atoms with Crippen LogP contribution in [0.25, 0.3) is 0 Å². The van der Waals surface area contributed by atoms with E-state index in [2.05, 4.69) is 243 Å². The van der Waals surface area contributed by atoms with E-state index in [9.17, 15) is 0 Å². The zero-order valence-corrected chi connectivity index (χ0v) is 38.4. The van der Waals surface area contributed by atoms with Crippen molar-refractivity contribution in [2.24, 2.45) is 0 Å². The molecular weight excluding hydrogens is 830 g/mol. The Balaban J connectivity index is 0.000000215. The summed E-state index contributed by atoms with van der Waals surface area (Å²) < 4.78 is 8.55. The maximum absolute atomic E-state index is 8.55. The zero-order chi connectivity index (χ0) is 44.1. The van der Waals surface area contributed by atoms with Gasteiger partial charge >= 0.3 is 1.43 Å². The first-order valence-corrected chi connectivity index (χ1v) is 27.9. The van der Waals surface area contributed by atoms with Crippen molar-refractivity contribution in [1.29, 1.82) is 0 Å². The van der Waals surface area contributed by atoms with Crippen LogP contribution in [0.5, 0.6) is 0 Å². The summed E-state index contributed by atoms with van der Waals surface area (Å²) in [5.41, 5.74) is 11.7. The molecule has 63 heavy (non-hydrogen) atoms. The fraction of sp³-hybridized carbons (Fsp3) is 0.143. The van der Waals surface area contributed by atoms with Gasteiger partial charge in [-0.25, -0.2) is 0 Å². The lowest BCUT2D eigenvalue weighted by molar-refractivity contribution is -0.432. The fourth-order valence-corrected chi connectivity index (χ4v) is 17.7. The number of phosphoric acid groups is 1. The van der Waals surface area contributed by atoms with Gasteiger partial charge in [0, 0.05) is 14.5 Å². The normalized spacial score (nSPS) is 11.3. The highest BCUT2D eigenvalue weighted by molar-refractivity contribution is 7.73. The van der Waals surface area contributed by atoms with E-state index in [0.29, 0.717) is 0 Å². The lowest BCUT2D eigenvalue weighted by Crippen LogP contribution is -2.24. The third-order valence-electron chi connectivity index (χ3n) is 10.9. The van der Waals surface area contributed by atoms with E-state index in [1.54, 1.807) is 0 Å². The molecule has 8 aromatic carbocycles. The molecule has 0 atom stereocenters. The highest BCUT2D eigenvalue weighted by Crippen LogP contribution is 2.69. The SMILES string of the molecule is O=P([O-])([O-])[O-].[H+].c1ccc(C[P+](Cc2ccccc2)(Cc2ccccc2)Cc2ccccc2)cc1.c1ccc(C[P+](Cc2ccccc2)(Cc2ccccc2)Cc2ccccc2)cc1. The molecule has 320 valence electrons. The van der Waals surface area contributed by atoms with Crippen molar-refractivity contribution in [3.63, 3.8) is 0 Å². The number of hydrogen-bond acceptors (Lipinski definition) is 4. The van der Waals surface area contributed by atoms with Crippen LogP contribution in [0.3, 0.4) is 0 Å². The molecule has 0 aliphatic carbocycles. The summed E-state index contributed by atoms with van der Waals surface area (Å²) in [6.07, 6.45) is 9.39. The van der Waals surface area contributed by atoms with Crippen LogP contribution in [0.2, 0.25) is 0 Å². The minimum atomic E-state index is -5.39. The molecule has 0 saturated heterocycles. The van der Waals surface area contributed by atoms with Crippen molar-refractivity contribution in [3.05, 3.63) is 287 Å². The molecule has 0 spiro atoms. The summed E-state index contributed by atoms with van der Waals surface area (Å²) in [7, 11) is -8.16. The van der Waals surface area contributed by atoms with Gasteiger partial charge in [0.15, 0.2) is 0 Å². The van der Waals surface area contributed by atoms with Gasteiger partial charge in [-0.2, -0.15) is 7.82 Å². The van der Waals surface area contributed by atoms with Crippen LogP contribution >= 0.6 is 22.3 Å². The molecule has 0 N–H and O–H groups in total. The number of benzene rings is 8. The van der Waals surface area contributed by atoms with Crippen LogP contribution in [-0.2, 0) is 53.9 Å². The average molecular weight is 887 g/mol. The van der Waals surface area contributed by atoms with Gasteiger partial charge in [0.1, 0.15) is 0 Å². The summed E-state index contributed by atoms with van der Waals surface area (Å²) >= 11 is 0. The monoisotopic (exact) mass is 886 g/mol. The van der Waals surface area contributed by atoms with Crippen LogP contribution in [0, 0.1) is 0 Å². The van der Waals surface area contributed by atoms with Crippen LogP contribution in [0.15, 0.2) is 243 Å².